The van der Waals surface area contributed by atoms with Gasteiger partial charge in [0.15, 0.2) is 5.58 Å². The van der Waals surface area contributed by atoms with E-state index >= 15 is 0 Å². The molecule has 1 aromatic heterocycles. The molecule has 4 aliphatic carbocycles. The van der Waals surface area contributed by atoms with Gasteiger partial charge in [-0.05, 0) is 255 Å². The zero-order valence-corrected chi connectivity index (χ0v) is 52.4. The summed E-state index contributed by atoms with van der Waals surface area (Å²) in [5, 5.41) is 2.36. The van der Waals surface area contributed by atoms with E-state index in [0.717, 1.165) is 72.1 Å². The van der Waals surface area contributed by atoms with Crippen molar-refractivity contribution in [2.24, 2.45) is 0 Å². The average Bonchev–Trinajstić information content (AvgIpc) is 3.98. The van der Waals surface area contributed by atoms with Crippen LogP contribution in [0.2, 0.25) is 0 Å². The number of hydrogen-bond donors (Lipinski definition) is 0. The van der Waals surface area contributed by atoms with E-state index in [2.05, 4.69) is 257 Å². The third-order valence-corrected chi connectivity index (χ3v) is 21.5. The van der Waals surface area contributed by atoms with E-state index in [4.69, 9.17) is 4.42 Å². The first-order chi connectivity index (χ1) is 37.3. The van der Waals surface area contributed by atoms with Crippen LogP contribution in [0.1, 0.15) is 223 Å². The molecule has 7 aromatic carbocycles. The Hall–Kier alpha value is -6.06. The zero-order valence-electron chi connectivity index (χ0n) is 52.4. The van der Waals surface area contributed by atoms with Gasteiger partial charge in [-0.1, -0.05) is 159 Å². The van der Waals surface area contributed by atoms with Gasteiger partial charge in [-0.3, -0.25) is 0 Å². The van der Waals surface area contributed by atoms with E-state index in [9.17, 15) is 0 Å². The minimum absolute atomic E-state index is 0.00528. The maximum atomic E-state index is 7.46. The van der Waals surface area contributed by atoms with Crippen LogP contribution < -0.4 is 9.80 Å². The van der Waals surface area contributed by atoms with Gasteiger partial charge in [0.2, 0.25) is 0 Å². The van der Waals surface area contributed by atoms with Crippen molar-refractivity contribution in [3.63, 3.8) is 0 Å². The predicted molar refractivity (Wildman–Crippen MR) is 344 cm³/mol. The molecular formula is C77H92N2O. The van der Waals surface area contributed by atoms with Crippen LogP contribution in [0, 0.1) is 20.8 Å². The Balaban J connectivity index is 1.20. The van der Waals surface area contributed by atoms with Crippen LogP contribution in [-0.2, 0) is 43.3 Å². The molecule has 0 N–H and O–H groups in total. The number of benzene rings is 7. The van der Waals surface area contributed by atoms with Crippen LogP contribution >= 0.6 is 0 Å². The highest BCUT2D eigenvalue weighted by molar-refractivity contribution is 6.11. The molecule has 80 heavy (non-hydrogen) atoms. The molecule has 0 unspecified atom stereocenters. The van der Waals surface area contributed by atoms with Gasteiger partial charge >= 0.3 is 0 Å². The molecule has 8 aromatic rings. The highest BCUT2D eigenvalue weighted by atomic mass is 16.3. The Kier molecular flexibility index (Phi) is 12.2. The molecule has 0 fully saturated rings. The van der Waals surface area contributed by atoms with Crippen LogP contribution in [0.5, 0.6) is 0 Å². The SMILES string of the molecule is Cc1cc2c(cc1N(c1cc(-c3c(C)cccc3C)cc(N(c3ccc4c(c3)C(C)(C)CCC4(C)C)c3ccc4c(c3)C(C)(C)CCC4(C)C)c1)c1cccc3c1oc1cc4c(cc13)C(C)(C)CCC4(C)C)C(C)(C)CCC2(C)C. The van der Waals surface area contributed by atoms with Gasteiger partial charge in [-0.2, -0.15) is 0 Å². The Labute approximate surface area is 481 Å². The topological polar surface area (TPSA) is 19.6 Å². The lowest BCUT2D eigenvalue weighted by atomic mass is 9.63. The Morgan fingerprint density at radius 1 is 0.312 bits per heavy atom. The summed E-state index contributed by atoms with van der Waals surface area (Å²) in [4.78, 5) is 5.22. The van der Waals surface area contributed by atoms with Gasteiger partial charge in [-0.15, -0.1) is 0 Å². The second kappa shape index (κ2) is 18.0. The van der Waals surface area contributed by atoms with E-state index < -0.39 is 0 Å². The summed E-state index contributed by atoms with van der Waals surface area (Å²) in [7, 11) is 0. The number of aryl methyl sites for hydroxylation is 3. The van der Waals surface area contributed by atoms with Crippen molar-refractivity contribution in [2.75, 3.05) is 9.80 Å². The summed E-state index contributed by atoms with van der Waals surface area (Å²) >= 11 is 0. The molecule has 3 nitrogen and oxygen atoms in total. The van der Waals surface area contributed by atoms with E-state index in [0.29, 0.717) is 0 Å². The molecule has 0 bridgehead atoms. The van der Waals surface area contributed by atoms with E-state index in [1.807, 2.05) is 0 Å². The van der Waals surface area contributed by atoms with E-state index in [1.54, 1.807) is 0 Å². The van der Waals surface area contributed by atoms with Crippen LogP contribution in [0.15, 0.2) is 120 Å². The van der Waals surface area contributed by atoms with Crippen LogP contribution in [0.3, 0.4) is 0 Å². The standard InChI is InChI=1S/C77H92N2O/c1-47-22-20-23-48(2)68(47)50-39-53(78(51-26-28-57-60(42-51)73(10,11)32-30-70(57,4)5)52-27-29-58-61(43-52)74(12,13)33-31-71(58,6)7)41-54(40-50)79(66-45-63-59(38-49(66)3)72(8,9)34-36-76(63,16)17)65-25-21-24-55-56-44-62-64(46-67(56)80-69(55)65)77(18,19)37-35-75(62,14)15/h20-29,38-46H,30-37H2,1-19H3. The third-order valence-electron chi connectivity index (χ3n) is 21.5. The Morgan fingerprint density at radius 2 is 0.713 bits per heavy atom. The molecule has 0 radical (unpaired) electrons. The van der Waals surface area contributed by atoms with E-state index in [-0.39, 0.29) is 43.3 Å². The quantitative estimate of drug-likeness (QED) is 0.159. The summed E-state index contributed by atoms with van der Waals surface area (Å²) < 4.78 is 7.46. The fourth-order valence-corrected chi connectivity index (χ4v) is 15.5. The van der Waals surface area contributed by atoms with Crippen molar-refractivity contribution in [1.29, 1.82) is 0 Å². The zero-order chi connectivity index (χ0) is 57.2. The summed E-state index contributed by atoms with van der Waals surface area (Å²) in [6, 6.07) is 46.2. The monoisotopic (exact) mass is 1060 g/mol. The number of fused-ring (bicyclic) bond motifs is 7. The molecule has 4 aliphatic rings. The lowest BCUT2D eigenvalue weighted by molar-refractivity contribution is 0.332. The van der Waals surface area contributed by atoms with Crippen molar-refractivity contribution in [3.05, 3.63) is 176 Å². The maximum Gasteiger partial charge on any atom is 0.159 e. The third kappa shape index (κ3) is 8.70. The molecule has 0 spiro atoms. The maximum absolute atomic E-state index is 7.46. The fourth-order valence-electron chi connectivity index (χ4n) is 15.5. The highest BCUT2D eigenvalue weighted by Crippen LogP contribution is 2.56. The van der Waals surface area contributed by atoms with Crippen molar-refractivity contribution in [2.45, 2.75) is 226 Å². The largest absolute Gasteiger partial charge is 0.454 e. The molecule has 0 saturated heterocycles. The Bertz CT molecular complexity index is 3740. The smallest absolute Gasteiger partial charge is 0.159 e. The predicted octanol–water partition coefficient (Wildman–Crippen LogP) is 22.5. The number of rotatable bonds is 7. The molecule has 0 atom stereocenters. The molecule has 0 amide bonds. The lowest BCUT2D eigenvalue weighted by Crippen LogP contribution is -2.34. The second-order valence-electron chi connectivity index (χ2n) is 31.0. The summed E-state index contributed by atoms with van der Waals surface area (Å²) in [6.07, 6.45) is 9.27. The first kappa shape index (κ1) is 54.5. The first-order valence-corrected chi connectivity index (χ1v) is 30.6. The number of hydrogen-bond acceptors (Lipinski definition) is 3. The van der Waals surface area contributed by atoms with Crippen molar-refractivity contribution < 1.29 is 4.42 Å². The summed E-state index contributed by atoms with van der Waals surface area (Å²) in [5.41, 5.74) is 27.1. The number of furan rings is 1. The van der Waals surface area contributed by atoms with Crippen molar-refractivity contribution in [3.8, 4) is 11.1 Å². The summed E-state index contributed by atoms with van der Waals surface area (Å²) in [5.74, 6) is 0. The normalized spacial score (nSPS) is 20.3. The Morgan fingerprint density at radius 3 is 1.20 bits per heavy atom. The average molecular weight is 1060 g/mol. The van der Waals surface area contributed by atoms with Crippen LogP contribution in [0.25, 0.3) is 33.1 Å². The fraction of sp³-hybridized carbons (Fsp3) is 0.455. The minimum atomic E-state index is -0.00528. The molecular weight excluding hydrogens is 969 g/mol. The van der Waals surface area contributed by atoms with Gasteiger partial charge < -0.3 is 14.2 Å². The van der Waals surface area contributed by atoms with Crippen molar-refractivity contribution in [1.82, 2.24) is 0 Å². The van der Waals surface area contributed by atoms with Gasteiger partial charge in [0.05, 0.1) is 5.69 Å². The molecule has 0 aliphatic heterocycles. The van der Waals surface area contributed by atoms with E-state index in [1.165, 1.54) is 108 Å². The lowest BCUT2D eigenvalue weighted by Gasteiger charge is -2.43. The van der Waals surface area contributed by atoms with Gasteiger partial charge in [0.25, 0.3) is 0 Å². The molecule has 416 valence electrons. The summed E-state index contributed by atoms with van der Waals surface area (Å²) in [6.45, 7) is 46.2. The second-order valence-corrected chi connectivity index (χ2v) is 31.0. The highest BCUT2D eigenvalue weighted by Gasteiger charge is 2.43. The minimum Gasteiger partial charge on any atom is -0.454 e. The van der Waals surface area contributed by atoms with Crippen LogP contribution in [-0.4, -0.2) is 0 Å². The van der Waals surface area contributed by atoms with Gasteiger partial charge in [-0.25, -0.2) is 0 Å². The van der Waals surface area contributed by atoms with Gasteiger partial charge in [0.1, 0.15) is 5.58 Å². The first-order valence-electron chi connectivity index (χ1n) is 30.6. The van der Waals surface area contributed by atoms with Crippen molar-refractivity contribution >= 4 is 56.1 Å². The van der Waals surface area contributed by atoms with Gasteiger partial charge in [0, 0.05) is 39.2 Å². The number of para-hydroxylation sites is 1. The number of nitrogens with zero attached hydrogens (tertiary/aromatic N) is 2. The van der Waals surface area contributed by atoms with Crippen LogP contribution in [0.4, 0.5) is 34.1 Å². The molecule has 1 heterocycles. The molecule has 12 rings (SSSR count). The number of anilines is 6. The molecule has 0 saturated carbocycles. The molecule has 3 heteroatoms.